The third kappa shape index (κ3) is 3.41. The normalized spacial score (nSPS) is 10.4. The molecule has 0 aliphatic heterocycles. The number of hydrogen-bond donors (Lipinski definition) is 0. The van der Waals surface area contributed by atoms with Gasteiger partial charge in [-0.1, -0.05) is 30.3 Å². The maximum Gasteiger partial charge on any atom is 0.258 e. The number of nitrogens with zero attached hydrogens (tertiary/aromatic N) is 3. The zero-order chi connectivity index (χ0) is 16.9. The highest BCUT2D eigenvalue weighted by molar-refractivity contribution is 6.05. The molecule has 0 saturated carbocycles. The van der Waals surface area contributed by atoms with E-state index in [2.05, 4.69) is 4.98 Å². The molecule has 2 aromatic heterocycles. The van der Waals surface area contributed by atoms with Crippen molar-refractivity contribution in [3.8, 4) is 0 Å². The summed E-state index contributed by atoms with van der Waals surface area (Å²) in [6.07, 6.45) is 4.89. The SMILES string of the molecule is Cn1ccc(C(=O)N(Cc2ccccc2)c2ccncc2)cc1=O. The fraction of sp³-hybridized carbons (Fsp3) is 0.105. The molecule has 1 aromatic carbocycles. The summed E-state index contributed by atoms with van der Waals surface area (Å²) in [4.78, 5) is 30.5. The van der Waals surface area contributed by atoms with Crippen molar-refractivity contribution >= 4 is 11.6 Å². The summed E-state index contributed by atoms with van der Waals surface area (Å²) in [7, 11) is 1.65. The number of aromatic nitrogens is 2. The van der Waals surface area contributed by atoms with E-state index in [9.17, 15) is 9.59 Å². The van der Waals surface area contributed by atoms with Gasteiger partial charge < -0.3 is 9.47 Å². The molecule has 0 fully saturated rings. The van der Waals surface area contributed by atoms with E-state index >= 15 is 0 Å². The van der Waals surface area contributed by atoms with Crippen LogP contribution in [-0.4, -0.2) is 15.5 Å². The van der Waals surface area contributed by atoms with Gasteiger partial charge >= 0.3 is 0 Å². The predicted molar refractivity (Wildman–Crippen MR) is 92.9 cm³/mol. The molecule has 1 amide bonds. The van der Waals surface area contributed by atoms with Gasteiger partial charge in [0.1, 0.15) is 0 Å². The van der Waals surface area contributed by atoms with Crippen LogP contribution in [0.1, 0.15) is 15.9 Å². The minimum absolute atomic E-state index is 0.213. The third-order valence-corrected chi connectivity index (χ3v) is 3.75. The van der Waals surface area contributed by atoms with Crippen molar-refractivity contribution in [2.75, 3.05) is 4.90 Å². The number of aryl methyl sites for hydroxylation is 1. The fourth-order valence-electron chi connectivity index (χ4n) is 2.41. The van der Waals surface area contributed by atoms with Crippen LogP contribution >= 0.6 is 0 Å². The Morgan fingerprint density at radius 1 is 1.08 bits per heavy atom. The molecular weight excluding hydrogens is 302 g/mol. The molecule has 0 aliphatic carbocycles. The van der Waals surface area contributed by atoms with Crippen molar-refractivity contribution in [2.24, 2.45) is 7.05 Å². The van der Waals surface area contributed by atoms with Crippen molar-refractivity contribution in [1.29, 1.82) is 0 Å². The minimum Gasteiger partial charge on any atom is -0.319 e. The van der Waals surface area contributed by atoms with E-state index in [1.54, 1.807) is 48.7 Å². The first kappa shape index (κ1) is 15.7. The standard InChI is InChI=1S/C19H17N3O2/c1-21-12-9-16(13-18(21)23)19(24)22(17-7-10-20-11-8-17)14-15-5-3-2-4-6-15/h2-13H,14H2,1H3. The van der Waals surface area contributed by atoms with E-state index in [0.29, 0.717) is 12.1 Å². The van der Waals surface area contributed by atoms with E-state index in [1.807, 2.05) is 30.3 Å². The van der Waals surface area contributed by atoms with E-state index in [4.69, 9.17) is 0 Å². The lowest BCUT2D eigenvalue weighted by Gasteiger charge is -2.23. The molecule has 3 rings (SSSR count). The van der Waals surface area contributed by atoms with Crippen LogP contribution in [0.2, 0.25) is 0 Å². The monoisotopic (exact) mass is 319 g/mol. The Balaban J connectivity index is 1.99. The Hall–Kier alpha value is -3.21. The molecule has 5 nitrogen and oxygen atoms in total. The van der Waals surface area contributed by atoms with E-state index in [1.165, 1.54) is 10.6 Å². The van der Waals surface area contributed by atoms with Gasteiger partial charge in [-0.05, 0) is 23.8 Å². The number of rotatable bonds is 4. The van der Waals surface area contributed by atoms with E-state index in [-0.39, 0.29) is 11.5 Å². The molecule has 0 aliphatic rings. The van der Waals surface area contributed by atoms with Crippen molar-refractivity contribution in [3.63, 3.8) is 0 Å². The molecule has 2 heterocycles. The molecule has 5 heteroatoms. The van der Waals surface area contributed by atoms with Gasteiger partial charge in [0.25, 0.3) is 11.5 Å². The summed E-state index contributed by atoms with van der Waals surface area (Å²) in [5, 5.41) is 0. The molecule has 120 valence electrons. The summed E-state index contributed by atoms with van der Waals surface area (Å²) >= 11 is 0. The van der Waals surface area contributed by atoms with Gasteiger partial charge in [0.15, 0.2) is 0 Å². The van der Waals surface area contributed by atoms with Crippen LogP contribution in [0, 0.1) is 0 Å². The highest BCUT2D eigenvalue weighted by atomic mass is 16.2. The maximum atomic E-state index is 13.0. The Kier molecular flexibility index (Phi) is 4.52. The summed E-state index contributed by atoms with van der Waals surface area (Å²) in [6.45, 7) is 0.416. The number of carbonyl (C=O) groups is 1. The number of anilines is 1. The van der Waals surface area contributed by atoms with Crippen LogP contribution < -0.4 is 10.5 Å². The zero-order valence-electron chi connectivity index (χ0n) is 13.3. The first-order valence-corrected chi connectivity index (χ1v) is 7.57. The predicted octanol–water partition coefficient (Wildman–Crippen LogP) is 2.63. The van der Waals surface area contributed by atoms with Gasteiger partial charge in [-0.15, -0.1) is 0 Å². The molecule has 0 spiro atoms. The second-order valence-corrected chi connectivity index (χ2v) is 5.45. The Morgan fingerprint density at radius 3 is 2.46 bits per heavy atom. The lowest BCUT2D eigenvalue weighted by Crippen LogP contribution is -2.31. The van der Waals surface area contributed by atoms with Crippen LogP contribution in [0.25, 0.3) is 0 Å². The number of pyridine rings is 2. The number of hydrogen-bond acceptors (Lipinski definition) is 3. The van der Waals surface area contributed by atoms with Crippen LogP contribution in [0.3, 0.4) is 0 Å². The summed E-state index contributed by atoms with van der Waals surface area (Å²) in [5.41, 5.74) is 1.90. The summed E-state index contributed by atoms with van der Waals surface area (Å²) in [6, 6.07) is 16.3. The molecule has 0 saturated heterocycles. The first-order chi connectivity index (χ1) is 11.6. The van der Waals surface area contributed by atoms with E-state index in [0.717, 1.165) is 11.3 Å². The lowest BCUT2D eigenvalue weighted by atomic mass is 10.1. The Morgan fingerprint density at radius 2 is 1.79 bits per heavy atom. The molecule has 0 radical (unpaired) electrons. The molecular formula is C19H17N3O2. The van der Waals surface area contributed by atoms with Gasteiger partial charge in [0, 0.05) is 43.0 Å². The number of carbonyl (C=O) groups excluding carboxylic acids is 1. The molecule has 0 bridgehead atoms. The van der Waals surface area contributed by atoms with Gasteiger partial charge in [-0.3, -0.25) is 14.6 Å². The van der Waals surface area contributed by atoms with Crippen molar-refractivity contribution in [2.45, 2.75) is 6.54 Å². The summed E-state index contributed by atoms with van der Waals surface area (Å²) < 4.78 is 1.44. The molecule has 0 N–H and O–H groups in total. The highest BCUT2D eigenvalue weighted by Crippen LogP contribution is 2.19. The average Bonchev–Trinajstić information content (AvgIpc) is 2.63. The van der Waals surface area contributed by atoms with Crippen LogP contribution in [0.15, 0.2) is 78.0 Å². The summed E-state index contributed by atoms with van der Waals surface area (Å²) in [5.74, 6) is -0.220. The molecule has 0 atom stereocenters. The highest BCUT2D eigenvalue weighted by Gasteiger charge is 2.18. The van der Waals surface area contributed by atoms with Crippen molar-refractivity contribution in [3.05, 3.63) is 94.7 Å². The largest absolute Gasteiger partial charge is 0.319 e. The van der Waals surface area contributed by atoms with Crippen molar-refractivity contribution < 1.29 is 4.79 Å². The molecule has 0 unspecified atom stereocenters. The lowest BCUT2D eigenvalue weighted by molar-refractivity contribution is 0.0985. The quantitative estimate of drug-likeness (QED) is 0.743. The van der Waals surface area contributed by atoms with Gasteiger partial charge in [0.05, 0.1) is 6.54 Å². The third-order valence-electron chi connectivity index (χ3n) is 3.75. The minimum atomic E-state index is -0.220. The van der Waals surface area contributed by atoms with Crippen molar-refractivity contribution in [1.82, 2.24) is 9.55 Å². The zero-order valence-corrected chi connectivity index (χ0v) is 13.3. The molecule has 3 aromatic rings. The van der Waals surface area contributed by atoms with Crippen LogP contribution in [0.5, 0.6) is 0 Å². The van der Waals surface area contributed by atoms with E-state index < -0.39 is 0 Å². The Bertz CT molecular complexity index is 889. The topological polar surface area (TPSA) is 55.2 Å². The molecule has 24 heavy (non-hydrogen) atoms. The van der Waals surface area contributed by atoms with Gasteiger partial charge in [-0.25, -0.2) is 0 Å². The van der Waals surface area contributed by atoms with Gasteiger partial charge in [-0.2, -0.15) is 0 Å². The smallest absolute Gasteiger partial charge is 0.258 e. The van der Waals surface area contributed by atoms with Crippen LogP contribution in [0.4, 0.5) is 5.69 Å². The average molecular weight is 319 g/mol. The Labute approximate surface area is 139 Å². The second-order valence-electron chi connectivity index (χ2n) is 5.45. The maximum absolute atomic E-state index is 13.0. The number of benzene rings is 1. The number of amides is 1. The second kappa shape index (κ2) is 6.91. The fourth-order valence-corrected chi connectivity index (χ4v) is 2.41. The first-order valence-electron chi connectivity index (χ1n) is 7.57. The van der Waals surface area contributed by atoms with Gasteiger partial charge in [0.2, 0.25) is 0 Å². The van der Waals surface area contributed by atoms with Crippen LogP contribution in [-0.2, 0) is 13.6 Å².